The number of carbonyl (C=O) groups is 2. The molecule has 10 heteroatoms. The Labute approximate surface area is 215 Å². The molecule has 0 radical (unpaired) electrons. The summed E-state index contributed by atoms with van der Waals surface area (Å²) in [6.45, 7) is 8.36. The van der Waals surface area contributed by atoms with E-state index in [1.807, 2.05) is 0 Å². The summed E-state index contributed by atoms with van der Waals surface area (Å²) >= 11 is 12.7. The monoisotopic (exact) mass is 523 g/mol. The average molecular weight is 524 g/mol. The number of amides is 1. The van der Waals surface area contributed by atoms with E-state index in [1.165, 1.54) is 11.0 Å². The lowest BCUT2D eigenvalue weighted by Crippen LogP contribution is -2.45. The van der Waals surface area contributed by atoms with Gasteiger partial charge in [-0.25, -0.2) is 4.79 Å². The molecule has 8 nitrogen and oxygen atoms in total. The number of rotatable bonds is 9. The molecule has 1 aliphatic rings. The summed E-state index contributed by atoms with van der Waals surface area (Å²) in [6.07, 6.45) is 0. The summed E-state index contributed by atoms with van der Waals surface area (Å²) in [5.41, 5.74) is -0.118. The van der Waals surface area contributed by atoms with E-state index in [4.69, 9.17) is 32.7 Å². The number of benzene rings is 2. The highest BCUT2D eigenvalue weighted by Crippen LogP contribution is 2.42. The fraction of sp³-hybridized carbons (Fsp3) is 0.440. The number of halogens is 2. The number of carbonyl (C=O) groups excluding carboxylic acids is 2. The maximum atomic E-state index is 13.2. The molecule has 1 fully saturated rings. The molecule has 0 aliphatic carbocycles. The van der Waals surface area contributed by atoms with Crippen molar-refractivity contribution in [3.8, 4) is 17.2 Å². The highest BCUT2D eigenvalue weighted by atomic mass is 35.5. The van der Waals surface area contributed by atoms with Crippen molar-refractivity contribution >= 4 is 35.1 Å². The predicted molar refractivity (Wildman–Crippen MR) is 136 cm³/mol. The Kier molecular flexibility index (Phi) is 9.63. The van der Waals surface area contributed by atoms with Gasteiger partial charge in [-0.3, -0.25) is 9.69 Å². The molecule has 1 saturated heterocycles. The first-order chi connectivity index (χ1) is 16.7. The van der Waals surface area contributed by atoms with Gasteiger partial charge in [-0.15, -0.1) is 0 Å². The van der Waals surface area contributed by atoms with E-state index in [1.54, 1.807) is 44.2 Å². The van der Waals surface area contributed by atoms with Crippen LogP contribution in [0, 0.1) is 0 Å². The summed E-state index contributed by atoms with van der Waals surface area (Å²) in [5, 5.41) is 10.7. The standard InChI is InChI=1S/C25H31Cl2N3O5/c1-4-30(17(2)25(33)35-18-8-6-5-7-9-18)24(32)19-16-20(26)23(21(27)22(19)31)34-15-14-29-12-10-28(3)11-13-29/h5-9,16-17,31H,4,10-15H2,1-3H3/t17-/m0/s1. The zero-order valence-electron chi connectivity index (χ0n) is 20.2. The number of nitrogens with zero attached hydrogens (tertiary/aromatic N) is 3. The van der Waals surface area contributed by atoms with Crippen molar-refractivity contribution in [3.63, 3.8) is 0 Å². The van der Waals surface area contributed by atoms with Gasteiger partial charge in [0.25, 0.3) is 5.91 Å². The second-order valence-corrected chi connectivity index (χ2v) is 9.18. The number of phenols is 1. The predicted octanol–water partition coefficient (Wildman–Crippen LogP) is 3.78. The van der Waals surface area contributed by atoms with Gasteiger partial charge in [0, 0.05) is 39.3 Å². The van der Waals surface area contributed by atoms with Crippen LogP contribution in [0.15, 0.2) is 36.4 Å². The molecule has 1 amide bonds. The van der Waals surface area contributed by atoms with Crippen molar-refractivity contribution in [2.45, 2.75) is 19.9 Å². The minimum absolute atomic E-state index is 0.102. The van der Waals surface area contributed by atoms with E-state index < -0.39 is 23.7 Å². The van der Waals surface area contributed by atoms with Crippen molar-refractivity contribution in [2.24, 2.45) is 0 Å². The fourth-order valence-corrected chi connectivity index (χ4v) is 4.36. The average Bonchev–Trinajstić information content (AvgIpc) is 2.85. The van der Waals surface area contributed by atoms with Crippen LogP contribution in [-0.2, 0) is 4.79 Å². The number of ether oxygens (including phenoxy) is 2. The van der Waals surface area contributed by atoms with Crippen LogP contribution in [0.1, 0.15) is 24.2 Å². The van der Waals surface area contributed by atoms with Gasteiger partial charge >= 0.3 is 5.97 Å². The maximum Gasteiger partial charge on any atom is 0.333 e. The van der Waals surface area contributed by atoms with Crippen LogP contribution in [0.5, 0.6) is 17.2 Å². The van der Waals surface area contributed by atoms with Crippen LogP contribution < -0.4 is 9.47 Å². The number of hydrogen-bond acceptors (Lipinski definition) is 7. The number of aromatic hydroxyl groups is 1. The molecule has 0 spiro atoms. The lowest BCUT2D eigenvalue weighted by Gasteiger charge is -2.32. The number of hydrogen-bond donors (Lipinski definition) is 1. The molecule has 1 N–H and O–H groups in total. The zero-order valence-corrected chi connectivity index (χ0v) is 21.7. The maximum absolute atomic E-state index is 13.2. The third kappa shape index (κ3) is 6.79. The Bertz CT molecular complexity index is 1030. The highest BCUT2D eigenvalue weighted by Gasteiger charge is 2.31. The smallest absolute Gasteiger partial charge is 0.333 e. The molecule has 35 heavy (non-hydrogen) atoms. The minimum Gasteiger partial charge on any atom is -0.505 e. The summed E-state index contributed by atoms with van der Waals surface area (Å²) in [7, 11) is 2.09. The molecule has 1 aliphatic heterocycles. The zero-order chi connectivity index (χ0) is 25.5. The quantitative estimate of drug-likeness (QED) is 0.395. The largest absolute Gasteiger partial charge is 0.505 e. The first-order valence-corrected chi connectivity index (χ1v) is 12.3. The first-order valence-electron chi connectivity index (χ1n) is 11.5. The Morgan fingerprint density at radius 2 is 1.80 bits per heavy atom. The van der Waals surface area contributed by atoms with E-state index in [2.05, 4.69) is 16.8 Å². The summed E-state index contributed by atoms with van der Waals surface area (Å²) < 4.78 is 11.1. The second kappa shape index (κ2) is 12.4. The van der Waals surface area contributed by atoms with Crippen LogP contribution in [0.3, 0.4) is 0 Å². The molecule has 0 bridgehead atoms. The van der Waals surface area contributed by atoms with E-state index in [0.717, 1.165) is 26.2 Å². The number of piperazine rings is 1. The first kappa shape index (κ1) is 27.1. The van der Waals surface area contributed by atoms with Crippen molar-refractivity contribution in [1.29, 1.82) is 0 Å². The lowest BCUT2D eigenvalue weighted by atomic mass is 10.1. The second-order valence-electron chi connectivity index (χ2n) is 8.39. The molecule has 0 aromatic heterocycles. The Morgan fingerprint density at radius 1 is 1.14 bits per heavy atom. The molecule has 2 aromatic rings. The number of likely N-dealkylation sites (N-methyl/N-ethyl adjacent to an activating group) is 2. The van der Waals surface area contributed by atoms with Crippen LogP contribution in [0.2, 0.25) is 10.0 Å². The van der Waals surface area contributed by atoms with Gasteiger partial charge in [-0.2, -0.15) is 0 Å². The molecule has 1 atom stereocenters. The normalized spacial score (nSPS) is 15.5. The minimum atomic E-state index is -0.913. The topological polar surface area (TPSA) is 82.5 Å². The summed E-state index contributed by atoms with van der Waals surface area (Å²) in [5.74, 6) is -1.16. The summed E-state index contributed by atoms with van der Waals surface area (Å²) in [6, 6.07) is 8.99. The highest BCUT2D eigenvalue weighted by molar-refractivity contribution is 6.39. The van der Waals surface area contributed by atoms with Crippen molar-refractivity contribution in [3.05, 3.63) is 52.0 Å². The van der Waals surface area contributed by atoms with Crippen molar-refractivity contribution < 1.29 is 24.2 Å². The van der Waals surface area contributed by atoms with Crippen molar-refractivity contribution in [1.82, 2.24) is 14.7 Å². The van der Waals surface area contributed by atoms with Gasteiger partial charge in [-0.05, 0) is 39.1 Å². The van der Waals surface area contributed by atoms with Gasteiger partial charge in [-0.1, -0.05) is 41.4 Å². The molecule has 0 unspecified atom stereocenters. The van der Waals surface area contributed by atoms with E-state index in [-0.39, 0.29) is 27.9 Å². The van der Waals surface area contributed by atoms with E-state index in [0.29, 0.717) is 18.9 Å². The Balaban J connectivity index is 1.69. The van der Waals surface area contributed by atoms with Gasteiger partial charge in [0.15, 0.2) is 11.5 Å². The molecule has 3 rings (SSSR count). The fourth-order valence-electron chi connectivity index (χ4n) is 3.80. The van der Waals surface area contributed by atoms with E-state index in [9.17, 15) is 14.7 Å². The Morgan fingerprint density at radius 3 is 2.43 bits per heavy atom. The third-order valence-electron chi connectivity index (χ3n) is 6.00. The number of para-hydroxylation sites is 1. The third-order valence-corrected chi connectivity index (χ3v) is 6.63. The SMILES string of the molecule is CCN(C(=O)c1cc(Cl)c(OCCN2CCN(C)CC2)c(Cl)c1O)[C@@H](C)C(=O)Oc1ccccc1. The van der Waals surface area contributed by atoms with Gasteiger partial charge in [0.05, 0.1) is 10.6 Å². The molecular weight excluding hydrogens is 493 g/mol. The molecular formula is C25H31Cl2N3O5. The molecule has 2 aromatic carbocycles. The van der Waals surface area contributed by atoms with Gasteiger partial charge < -0.3 is 24.4 Å². The van der Waals surface area contributed by atoms with Crippen LogP contribution in [-0.4, -0.2) is 90.6 Å². The number of phenolic OH excluding ortho intramolecular Hbond substituents is 1. The van der Waals surface area contributed by atoms with Gasteiger partial charge in [0.2, 0.25) is 0 Å². The van der Waals surface area contributed by atoms with Crippen LogP contribution in [0.25, 0.3) is 0 Å². The molecule has 190 valence electrons. The number of esters is 1. The van der Waals surface area contributed by atoms with Gasteiger partial charge in [0.1, 0.15) is 23.4 Å². The molecule has 1 heterocycles. The Hall–Kier alpha value is -2.52. The van der Waals surface area contributed by atoms with Crippen molar-refractivity contribution in [2.75, 3.05) is 52.9 Å². The van der Waals surface area contributed by atoms with Crippen LogP contribution in [0.4, 0.5) is 0 Å². The van der Waals surface area contributed by atoms with E-state index >= 15 is 0 Å². The van der Waals surface area contributed by atoms with Crippen LogP contribution >= 0.6 is 23.2 Å². The molecule has 0 saturated carbocycles. The lowest BCUT2D eigenvalue weighted by molar-refractivity contribution is -0.138. The summed E-state index contributed by atoms with van der Waals surface area (Å²) in [4.78, 5) is 31.7.